The number of benzene rings is 3. The van der Waals surface area contributed by atoms with Crippen molar-refractivity contribution in [3.8, 4) is 23.1 Å². The van der Waals surface area contributed by atoms with Gasteiger partial charge < -0.3 is 24.1 Å². The van der Waals surface area contributed by atoms with Crippen LogP contribution >= 0.6 is 0 Å². The maximum Gasteiger partial charge on any atom is 2.00 e. The summed E-state index contributed by atoms with van der Waals surface area (Å²) in [6, 6.07) is 26.2. The zero-order valence-corrected chi connectivity index (χ0v) is 37.2. The van der Waals surface area contributed by atoms with Gasteiger partial charge in [-0.25, -0.2) is 4.98 Å². The van der Waals surface area contributed by atoms with Crippen LogP contribution in [0.15, 0.2) is 72.0 Å². The Balaban J connectivity index is 0.00000480. The van der Waals surface area contributed by atoms with E-state index in [2.05, 4.69) is 143 Å². The Labute approximate surface area is 347 Å². The average Bonchev–Trinajstić information content (AvgIpc) is 3.53. The number of rotatable bonds is 4. The Morgan fingerprint density at radius 2 is 1.50 bits per heavy atom. The topological polar surface area (TPSA) is 69.1 Å². The minimum atomic E-state index is -0.576. The van der Waals surface area contributed by atoms with Gasteiger partial charge in [-0.2, -0.15) is 0 Å². The molecule has 5 aromatic rings. The Hall–Kier alpha value is -4.48. The van der Waals surface area contributed by atoms with Crippen molar-refractivity contribution in [3.63, 3.8) is 0 Å². The second-order valence-electron chi connectivity index (χ2n) is 18.9. The number of fused-ring (bicyclic) bond motifs is 5. The Kier molecular flexibility index (Phi) is 9.44. The molecule has 0 bridgehead atoms. The summed E-state index contributed by atoms with van der Waals surface area (Å²) in [6.07, 6.45) is 4.29. The molecule has 1 aliphatic carbocycles. The van der Waals surface area contributed by atoms with Gasteiger partial charge in [-0.15, -0.1) is 17.7 Å². The first-order valence-corrected chi connectivity index (χ1v) is 19.3. The summed E-state index contributed by atoms with van der Waals surface area (Å²) in [4.78, 5) is 17.1. The van der Waals surface area contributed by atoms with Gasteiger partial charge in [0, 0.05) is 29.5 Å². The quantitative estimate of drug-likeness (QED) is 0.164. The smallest absolute Gasteiger partial charge is 0.510 e. The minimum Gasteiger partial charge on any atom is -0.510 e. The number of pyridine rings is 2. The van der Waals surface area contributed by atoms with Crippen molar-refractivity contribution in [1.82, 2.24) is 9.97 Å². The monoisotopic (exact) mass is 927 g/mol. The molecule has 0 spiro atoms. The third-order valence-electron chi connectivity index (χ3n) is 11.8. The molecule has 0 unspecified atom stereocenters. The standard InChI is InChI=1S/C48H52N4O3.Pt/c1-28-14-15-38-40(18-28)54-43-39(52(38)41-24-33(16-17-49-41)44(4,5)6)25-36(27-50-43)53-35-22-31(21-34(23-35)45(7,8)9)42-51-47(13)37-20-30(3)29(2)19-32(37)26-48(47,55-42)46(10,11)12;/h14-21,23-24,27H,26H2,1-13H3;/q-2;+2/t47-,48-;/m1./s1. The van der Waals surface area contributed by atoms with Gasteiger partial charge in [-0.05, 0) is 108 Å². The van der Waals surface area contributed by atoms with E-state index in [4.69, 9.17) is 29.2 Å². The Morgan fingerprint density at radius 1 is 0.786 bits per heavy atom. The molecule has 2 aliphatic heterocycles. The summed E-state index contributed by atoms with van der Waals surface area (Å²) in [6.45, 7) is 28.6. The molecule has 0 radical (unpaired) electrons. The van der Waals surface area contributed by atoms with Crippen molar-refractivity contribution in [1.29, 1.82) is 0 Å². The van der Waals surface area contributed by atoms with Crippen LogP contribution in [0.25, 0.3) is 0 Å². The molecule has 7 nitrogen and oxygen atoms in total. The molecule has 2 aromatic heterocycles. The fourth-order valence-corrected chi connectivity index (χ4v) is 8.36. The van der Waals surface area contributed by atoms with Crippen molar-refractivity contribution in [2.75, 3.05) is 4.90 Å². The summed E-state index contributed by atoms with van der Waals surface area (Å²) < 4.78 is 20.2. The van der Waals surface area contributed by atoms with Crippen LogP contribution in [0.2, 0.25) is 0 Å². The third-order valence-corrected chi connectivity index (χ3v) is 11.8. The molecule has 0 fully saturated rings. The van der Waals surface area contributed by atoms with Crippen molar-refractivity contribution in [2.24, 2.45) is 10.4 Å². The number of nitrogens with zero attached hydrogens (tertiary/aromatic N) is 4. The summed E-state index contributed by atoms with van der Waals surface area (Å²) in [5.41, 5.74) is 9.03. The maximum atomic E-state index is 7.19. The fourth-order valence-electron chi connectivity index (χ4n) is 8.36. The molecule has 4 heterocycles. The molecule has 0 amide bonds. The van der Waals surface area contributed by atoms with Crippen molar-refractivity contribution < 1.29 is 35.3 Å². The van der Waals surface area contributed by atoms with Crippen LogP contribution in [0.4, 0.5) is 17.2 Å². The van der Waals surface area contributed by atoms with Crippen LogP contribution in [-0.4, -0.2) is 21.5 Å². The van der Waals surface area contributed by atoms with E-state index in [-0.39, 0.29) is 37.3 Å². The number of aromatic nitrogens is 2. The van der Waals surface area contributed by atoms with E-state index in [1.165, 1.54) is 22.3 Å². The fraction of sp³-hybridized carbons (Fsp3) is 0.396. The predicted octanol–water partition coefficient (Wildman–Crippen LogP) is 12.0. The van der Waals surface area contributed by atoms with Crippen LogP contribution in [0.1, 0.15) is 114 Å². The molecule has 2 atom stereocenters. The van der Waals surface area contributed by atoms with Crippen LogP contribution < -0.4 is 14.4 Å². The largest absolute Gasteiger partial charge is 2.00 e. The number of hydrogen-bond donors (Lipinski definition) is 0. The molecule has 3 aliphatic rings. The van der Waals surface area contributed by atoms with E-state index in [9.17, 15) is 0 Å². The van der Waals surface area contributed by atoms with Gasteiger partial charge in [0.1, 0.15) is 34.5 Å². The van der Waals surface area contributed by atoms with Crippen molar-refractivity contribution in [3.05, 3.63) is 124 Å². The van der Waals surface area contributed by atoms with Crippen LogP contribution in [0.5, 0.6) is 23.1 Å². The van der Waals surface area contributed by atoms with E-state index in [1.54, 1.807) is 6.20 Å². The van der Waals surface area contributed by atoms with Crippen molar-refractivity contribution in [2.45, 2.75) is 118 Å². The molecule has 0 N–H and O–H groups in total. The molecule has 292 valence electrons. The van der Waals surface area contributed by atoms with Gasteiger partial charge >= 0.3 is 21.1 Å². The zero-order chi connectivity index (χ0) is 39.5. The van der Waals surface area contributed by atoms with Crippen LogP contribution in [-0.2, 0) is 48.6 Å². The third kappa shape index (κ3) is 6.44. The number of hydrogen-bond acceptors (Lipinski definition) is 7. The molecule has 0 saturated carbocycles. The van der Waals surface area contributed by atoms with Gasteiger partial charge in [0.25, 0.3) is 0 Å². The van der Waals surface area contributed by atoms with E-state index in [0.717, 1.165) is 40.2 Å². The van der Waals surface area contributed by atoms with E-state index in [0.29, 0.717) is 34.7 Å². The second-order valence-corrected chi connectivity index (χ2v) is 18.9. The summed E-state index contributed by atoms with van der Waals surface area (Å²) >= 11 is 0. The molecule has 56 heavy (non-hydrogen) atoms. The van der Waals surface area contributed by atoms with E-state index < -0.39 is 11.1 Å². The number of ether oxygens (including phenoxy) is 3. The van der Waals surface area contributed by atoms with Gasteiger partial charge in [0.15, 0.2) is 0 Å². The first kappa shape index (κ1) is 39.7. The number of aryl methyl sites for hydroxylation is 3. The summed E-state index contributed by atoms with van der Waals surface area (Å²) in [5.74, 6) is 3.41. The molecule has 3 aromatic carbocycles. The Bertz CT molecular complexity index is 2420. The Morgan fingerprint density at radius 3 is 2.20 bits per heavy atom. The van der Waals surface area contributed by atoms with Gasteiger partial charge in [0.2, 0.25) is 0 Å². The second kappa shape index (κ2) is 13.3. The molecule has 8 heteroatoms. The first-order chi connectivity index (χ1) is 25.7. The summed E-state index contributed by atoms with van der Waals surface area (Å²) in [5, 5.41) is 0. The van der Waals surface area contributed by atoms with Crippen LogP contribution in [0.3, 0.4) is 0 Å². The van der Waals surface area contributed by atoms with Gasteiger partial charge in [-0.3, -0.25) is 4.99 Å². The van der Waals surface area contributed by atoms with Crippen LogP contribution in [0, 0.1) is 38.3 Å². The predicted molar refractivity (Wildman–Crippen MR) is 220 cm³/mol. The maximum absolute atomic E-state index is 7.19. The van der Waals surface area contributed by atoms with Gasteiger partial charge in [-0.1, -0.05) is 98.2 Å². The SMILES string of the molecule is Cc1ccc2c(c1)Oc1ncc(Oc3[c-]c(C4=N[C@]5(C)c6cc(C)c(C)cc6C[C@]5(C(C)(C)C)O4)cc(C(C)(C)C)c3)[c-]c1N2c1cc(C(C)(C)C)ccn1.[Pt+2]. The van der Waals surface area contributed by atoms with Crippen molar-refractivity contribution >= 4 is 23.1 Å². The molecule has 8 rings (SSSR count). The van der Waals surface area contributed by atoms with Gasteiger partial charge in [0.05, 0.1) is 5.69 Å². The first-order valence-electron chi connectivity index (χ1n) is 19.3. The zero-order valence-electron chi connectivity index (χ0n) is 34.9. The number of anilines is 3. The number of aliphatic imine (C=N–C) groups is 1. The van der Waals surface area contributed by atoms with E-state index >= 15 is 0 Å². The average molecular weight is 928 g/mol. The molecular weight excluding hydrogens is 876 g/mol. The summed E-state index contributed by atoms with van der Waals surface area (Å²) in [7, 11) is 0. The molecule has 0 saturated heterocycles. The normalized spacial score (nSPS) is 19.8. The van der Waals surface area contributed by atoms with E-state index in [1.807, 2.05) is 25.3 Å². The molecular formula is C48H52N4O3Pt. The minimum absolute atomic E-state index is 0.